The number of hydrogen-bond donors (Lipinski definition) is 2. The van der Waals surface area contributed by atoms with Crippen molar-refractivity contribution in [3.8, 4) is 17.0 Å². The number of hydrogen-bond acceptors (Lipinski definition) is 5. The fourth-order valence-electron chi connectivity index (χ4n) is 2.69. The highest BCUT2D eigenvalue weighted by atomic mass is 16.5. The molecule has 0 bridgehead atoms. The van der Waals surface area contributed by atoms with E-state index in [0.29, 0.717) is 0 Å². The quantitative estimate of drug-likeness (QED) is 0.423. The summed E-state index contributed by atoms with van der Waals surface area (Å²) in [7, 11) is 1.65. The van der Waals surface area contributed by atoms with E-state index < -0.39 is 0 Å². The fourth-order valence-corrected chi connectivity index (χ4v) is 2.69. The largest absolute Gasteiger partial charge is 0.497 e. The predicted octanol–water partition coefficient (Wildman–Crippen LogP) is 4.08. The minimum Gasteiger partial charge on any atom is -0.497 e. The lowest BCUT2D eigenvalue weighted by molar-refractivity contribution is 0.415. The zero-order valence-electron chi connectivity index (χ0n) is 14.2. The zero-order chi connectivity index (χ0) is 17.8. The van der Waals surface area contributed by atoms with Gasteiger partial charge in [0, 0.05) is 10.9 Å². The summed E-state index contributed by atoms with van der Waals surface area (Å²) in [4.78, 5) is 11.7. The molecule has 128 valence electrons. The van der Waals surface area contributed by atoms with Gasteiger partial charge in [0.05, 0.1) is 48.4 Å². The van der Waals surface area contributed by atoms with E-state index in [4.69, 9.17) is 9.72 Å². The molecular weight excluding hydrogens is 326 g/mol. The molecule has 26 heavy (non-hydrogen) atoms. The Morgan fingerprint density at radius 2 is 2.00 bits per heavy atom. The number of hydrazone groups is 1. The number of rotatable bonds is 5. The van der Waals surface area contributed by atoms with Crippen molar-refractivity contribution in [2.75, 3.05) is 12.5 Å². The lowest BCUT2D eigenvalue weighted by atomic mass is 10.1. The van der Waals surface area contributed by atoms with Gasteiger partial charge in [0.25, 0.3) is 0 Å². The third kappa shape index (κ3) is 3.25. The first-order valence-corrected chi connectivity index (χ1v) is 8.15. The maximum atomic E-state index is 5.35. The Hall–Kier alpha value is -3.67. The van der Waals surface area contributed by atoms with E-state index in [1.165, 1.54) is 0 Å². The highest BCUT2D eigenvalue weighted by molar-refractivity contribution is 5.95. The molecule has 0 aliphatic rings. The number of benzene rings is 2. The number of nitrogens with one attached hydrogen (secondary N) is 2. The molecule has 2 aromatic heterocycles. The number of aromatic amines is 1. The van der Waals surface area contributed by atoms with Crippen LogP contribution >= 0.6 is 0 Å². The van der Waals surface area contributed by atoms with Gasteiger partial charge in [-0.05, 0) is 24.3 Å². The SMILES string of the molecule is COc1ccc2nc(-c3ccccc3)cc(N/N=C/c3cnc[nH]3)c2c1. The molecule has 0 saturated carbocycles. The summed E-state index contributed by atoms with van der Waals surface area (Å²) in [5, 5.41) is 5.25. The van der Waals surface area contributed by atoms with Crippen molar-refractivity contribution < 1.29 is 4.74 Å². The van der Waals surface area contributed by atoms with Crippen LogP contribution in [-0.4, -0.2) is 28.3 Å². The number of imidazole rings is 1. The van der Waals surface area contributed by atoms with Gasteiger partial charge in [-0.3, -0.25) is 5.43 Å². The van der Waals surface area contributed by atoms with E-state index in [2.05, 4.69) is 20.5 Å². The van der Waals surface area contributed by atoms with Gasteiger partial charge < -0.3 is 9.72 Å². The van der Waals surface area contributed by atoms with Crippen LogP contribution in [0.25, 0.3) is 22.2 Å². The Kier molecular flexibility index (Phi) is 4.30. The van der Waals surface area contributed by atoms with Crippen molar-refractivity contribution >= 4 is 22.8 Å². The van der Waals surface area contributed by atoms with Crippen molar-refractivity contribution in [1.29, 1.82) is 0 Å². The van der Waals surface area contributed by atoms with Crippen LogP contribution in [0.2, 0.25) is 0 Å². The fraction of sp³-hybridized carbons (Fsp3) is 0.0500. The first-order chi connectivity index (χ1) is 12.8. The van der Waals surface area contributed by atoms with E-state index in [-0.39, 0.29) is 0 Å². The number of fused-ring (bicyclic) bond motifs is 1. The number of ether oxygens (including phenoxy) is 1. The Labute approximate surface area is 150 Å². The van der Waals surface area contributed by atoms with Gasteiger partial charge in [0.15, 0.2) is 0 Å². The Bertz CT molecular complexity index is 1040. The molecular formula is C20H17N5O. The molecule has 0 aliphatic heterocycles. The molecule has 2 N–H and O–H groups in total. The highest BCUT2D eigenvalue weighted by Crippen LogP contribution is 2.30. The van der Waals surface area contributed by atoms with E-state index in [0.717, 1.165) is 39.3 Å². The second-order valence-electron chi connectivity index (χ2n) is 5.68. The first-order valence-electron chi connectivity index (χ1n) is 8.15. The number of methoxy groups -OCH3 is 1. The van der Waals surface area contributed by atoms with E-state index in [9.17, 15) is 0 Å². The summed E-state index contributed by atoms with van der Waals surface area (Å²) >= 11 is 0. The maximum Gasteiger partial charge on any atom is 0.119 e. The molecule has 0 fully saturated rings. The van der Waals surface area contributed by atoms with Crippen molar-refractivity contribution in [3.05, 3.63) is 72.8 Å². The monoisotopic (exact) mass is 343 g/mol. The second kappa shape index (κ2) is 7.06. The molecule has 0 atom stereocenters. The topological polar surface area (TPSA) is 75.2 Å². The molecule has 4 rings (SSSR count). The molecule has 0 unspecified atom stereocenters. The van der Waals surface area contributed by atoms with Crippen molar-refractivity contribution in [1.82, 2.24) is 15.0 Å². The van der Waals surface area contributed by atoms with Crippen molar-refractivity contribution in [3.63, 3.8) is 0 Å². The Morgan fingerprint density at radius 1 is 1.12 bits per heavy atom. The molecule has 6 nitrogen and oxygen atoms in total. The molecule has 6 heteroatoms. The molecule has 2 aromatic carbocycles. The van der Waals surface area contributed by atoms with Crippen LogP contribution in [0.15, 0.2) is 72.2 Å². The molecule has 0 amide bonds. The van der Waals surface area contributed by atoms with Gasteiger partial charge >= 0.3 is 0 Å². The zero-order valence-corrected chi connectivity index (χ0v) is 14.2. The van der Waals surface area contributed by atoms with Crippen molar-refractivity contribution in [2.45, 2.75) is 0 Å². The van der Waals surface area contributed by atoms with Crippen LogP contribution in [0.3, 0.4) is 0 Å². The summed E-state index contributed by atoms with van der Waals surface area (Å²) < 4.78 is 5.35. The minimum absolute atomic E-state index is 0.771. The van der Waals surface area contributed by atoms with Gasteiger partial charge in [-0.15, -0.1) is 0 Å². The van der Waals surface area contributed by atoms with Gasteiger partial charge in [0.2, 0.25) is 0 Å². The molecule has 0 radical (unpaired) electrons. The minimum atomic E-state index is 0.771. The lowest BCUT2D eigenvalue weighted by Crippen LogP contribution is -1.96. The average molecular weight is 343 g/mol. The number of H-pyrrole nitrogens is 1. The molecule has 0 saturated heterocycles. The normalized spacial score (nSPS) is 11.1. The number of aromatic nitrogens is 3. The lowest BCUT2D eigenvalue weighted by Gasteiger charge is -2.10. The third-order valence-electron chi connectivity index (χ3n) is 3.99. The van der Waals surface area contributed by atoms with Gasteiger partial charge in [-0.1, -0.05) is 30.3 Å². The van der Waals surface area contributed by atoms with E-state index >= 15 is 0 Å². The predicted molar refractivity (Wildman–Crippen MR) is 104 cm³/mol. The van der Waals surface area contributed by atoms with E-state index in [1.807, 2.05) is 54.6 Å². The number of anilines is 1. The van der Waals surface area contributed by atoms with Crippen LogP contribution in [0.1, 0.15) is 5.69 Å². The summed E-state index contributed by atoms with van der Waals surface area (Å²) in [5.41, 5.74) is 7.57. The van der Waals surface area contributed by atoms with Gasteiger partial charge in [0.1, 0.15) is 5.75 Å². The third-order valence-corrected chi connectivity index (χ3v) is 3.99. The summed E-state index contributed by atoms with van der Waals surface area (Å²) in [6.45, 7) is 0. The Balaban J connectivity index is 1.78. The standard InChI is InChI=1S/C20H17N5O/c1-26-16-7-8-18-17(9-16)20(25-23-12-15-11-21-13-22-15)10-19(24-18)14-5-3-2-4-6-14/h2-13H,1H3,(H,21,22)(H,24,25)/b23-12+. The van der Waals surface area contributed by atoms with Crippen LogP contribution in [0.4, 0.5) is 5.69 Å². The highest BCUT2D eigenvalue weighted by Gasteiger charge is 2.08. The maximum absolute atomic E-state index is 5.35. The van der Waals surface area contributed by atoms with Gasteiger partial charge in [-0.2, -0.15) is 5.10 Å². The smallest absolute Gasteiger partial charge is 0.119 e. The molecule has 2 heterocycles. The molecule has 0 aliphatic carbocycles. The second-order valence-corrected chi connectivity index (χ2v) is 5.68. The Morgan fingerprint density at radius 3 is 2.77 bits per heavy atom. The molecule has 4 aromatic rings. The van der Waals surface area contributed by atoms with Crippen LogP contribution in [-0.2, 0) is 0 Å². The van der Waals surface area contributed by atoms with Crippen LogP contribution < -0.4 is 10.2 Å². The first kappa shape index (κ1) is 15.8. The number of nitrogens with zero attached hydrogens (tertiary/aromatic N) is 3. The van der Waals surface area contributed by atoms with Crippen LogP contribution in [0, 0.1) is 0 Å². The molecule has 0 spiro atoms. The van der Waals surface area contributed by atoms with Gasteiger partial charge in [-0.25, -0.2) is 9.97 Å². The van der Waals surface area contributed by atoms with E-state index in [1.54, 1.807) is 25.8 Å². The van der Waals surface area contributed by atoms with Crippen LogP contribution in [0.5, 0.6) is 5.75 Å². The summed E-state index contributed by atoms with van der Waals surface area (Å²) in [6, 6.07) is 17.9. The average Bonchev–Trinajstić information content (AvgIpc) is 3.21. The number of pyridine rings is 1. The van der Waals surface area contributed by atoms with Crippen molar-refractivity contribution in [2.24, 2.45) is 5.10 Å². The summed E-state index contributed by atoms with van der Waals surface area (Å²) in [6.07, 6.45) is 5.00. The summed E-state index contributed by atoms with van der Waals surface area (Å²) in [5.74, 6) is 0.771.